The Morgan fingerprint density at radius 2 is 2.18 bits per heavy atom. The molecular formula is C15H23NS. The molecule has 0 saturated heterocycles. The highest BCUT2D eigenvalue weighted by atomic mass is 32.1. The van der Waals surface area contributed by atoms with Gasteiger partial charge in [-0.25, -0.2) is 0 Å². The predicted molar refractivity (Wildman–Crippen MR) is 74.3 cm³/mol. The van der Waals surface area contributed by atoms with Crippen LogP contribution in [0.3, 0.4) is 0 Å². The van der Waals surface area contributed by atoms with Crippen molar-refractivity contribution < 1.29 is 0 Å². The van der Waals surface area contributed by atoms with Crippen molar-refractivity contribution in [3.63, 3.8) is 0 Å². The van der Waals surface area contributed by atoms with Gasteiger partial charge in [-0.1, -0.05) is 26.3 Å². The summed E-state index contributed by atoms with van der Waals surface area (Å²) in [4.78, 5) is 1.52. The highest BCUT2D eigenvalue weighted by Gasteiger charge is 2.40. The first-order valence-electron chi connectivity index (χ1n) is 7.03. The van der Waals surface area contributed by atoms with Crippen molar-refractivity contribution in [2.24, 2.45) is 17.8 Å². The van der Waals surface area contributed by atoms with Gasteiger partial charge < -0.3 is 5.32 Å². The van der Waals surface area contributed by atoms with E-state index < -0.39 is 0 Å². The van der Waals surface area contributed by atoms with Crippen LogP contribution >= 0.6 is 11.3 Å². The van der Waals surface area contributed by atoms with E-state index in [2.05, 4.69) is 36.7 Å². The Kier molecular flexibility index (Phi) is 3.27. The van der Waals surface area contributed by atoms with Crippen LogP contribution in [-0.4, -0.2) is 6.04 Å². The first kappa shape index (κ1) is 11.7. The molecule has 2 saturated carbocycles. The maximum atomic E-state index is 3.96. The number of hydrogen-bond donors (Lipinski definition) is 1. The van der Waals surface area contributed by atoms with Crippen LogP contribution in [0.25, 0.3) is 0 Å². The van der Waals surface area contributed by atoms with Crippen molar-refractivity contribution in [3.8, 4) is 0 Å². The maximum absolute atomic E-state index is 3.96. The van der Waals surface area contributed by atoms with Crippen molar-refractivity contribution in [3.05, 3.63) is 22.4 Å². The van der Waals surface area contributed by atoms with Crippen LogP contribution in [0, 0.1) is 17.8 Å². The Morgan fingerprint density at radius 3 is 2.71 bits per heavy atom. The molecule has 1 nitrogen and oxygen atoms in total. The molecule has 1 heterocycles. The van der Waals surface area contributed by atoms with Crippen molar-refractivity contribution in [2.75, 3.05) is 0 Å². The van der Waals surface area contributed by atoms with Gasteiger partial charge in [0.1, 0.15) is 0 Å². The van der Waals surface area contributed by atoms with Crippen LogP contribution in [0.2, 0.25) is 0 Å². The zero-order valence-electron chi connectivity index (χ0n) is 10.9. The van der Waals surface area contributed by atoms with Crippen LogP contribution in [0.15, 0.2) is 17.5 Å². The van der Waals surface area contributed by atoms with Gasteiger partial charge in [0.25, 0.3) is 0 Å². The normalized spacial score (nSPS) is 33.5. The molecule has 17 heavy (non-hydrogen) atoms. The Hall–Kier alpha value is -0.340. The molecule has 2 heteroatoms. The molecule has 0 radical (unpaired) electrons. The molecule has 2 aliphatic carbocycles. The molecular weight excluding hydrogens is 226 g/mol. The SMILES string of the molecule is CC(C)C(NC1CC2CCC1C2)c1cccs1. The van der Waals surface area contributed by atoms with Crippen LogP contribution in [0.4, 0.5) is 0 Å². The first-order valence-corrected chi connectivity index (χ1v) is 7.91. The van der Waals surface area contributed by atoms with E-state index in [0.29, 0.717) is 12.0 Å². The van der Waals surface area contributed by atoms with E-state index in [1.165, 1.54) is 30.6 Å². The zero-order valence-corrected chi connectivity index (χ0v) is 11.7. The summed E-state index contributed by atoms with van der Waals surface area (Å²) in [6.45, 7) is 4.68. The maximum Gasteiger partial charge on any atom is 0.0440 e. The van der Waals surface area contributed by atoms with Crippen LogP contribution in [0.1, 0.15) is 50.4 Å². The molecule has 4 unspecified atom stereocenters. The smallest absolute Gasteiger partial charge is 0.0440 e. The van der Waals surface area contributed by atoms with Crippen molar-refractivity contribution in [1.82, 2.24) is 5.32 Å². The fourth-order valence-electron chi connectivity index (χ4n) is 3.75. The minimum atomic E-state index is 0.569. The van der Waals surface area contributed by atoms with Crippen molar-refractivity contribution >= 4 is 11.3 Å². The number of nitrogens with one attached hydrogen (secondary N) is 1. The summed E-state index contributed by atoms with van der Waals surface area (Å²) in [6, 6.07) is 5.83. The molecule has 0 aliphatic heterocycles. The Labute approximate surface area is 109 Å². The first-order chi connectivity index (χ1) is 8.24. The molecule has 94 valence electrons. The lowest BCUT2D eigenvalue weighted by Gasteiger charge is -2.30. The number of fused-ring (bicyclic) bond motifs is 2. The molecule has 2 bridgehead atoms. The summed E-state index contributed by atoms with van der Waals surface area (Å²) < 4.78 is 0. The fraction of sp³-hybridized carbons (Fsp3) is 0.733. The number of rotatable bonds is 4. The second-order valence-electron chi connectivity index (χ2n) is 6.19. The fourth-order valence-corrected chi connectivity index (χ4v) is 4.71. The lowest BCUT2D eigenvalue weighted by Crippen LogP contribution is -2.38. The van der Waals surface area contributed by atoms with E-state index in [0.717, 1.165) is 17.9 Å². The third-order valence-corrected chi connectivity index (χ3v) is 5.60. The largest absolute Gasteiger partial charge is 0.306 e. The minimum Gasteiger partial charge on any atom is -0.306 e. The zero-order chi connectivity index (χ0) is 11.8. The van der Waals surface area contributed by atoms with Crippen LogP contribution < -0.4 is 5.32 Å². The lowest BCUT2D eigenvalue weighted by molar-refractivity contribution is 0.288. The second kappa shape index (κ2) is 4.74. The molecule has 0 amide bonds. The minimum absolute atomic E-state index is 0.569. The molecule has 1 aromatic rings. The average Bonchev–Trinajstić information content (AvgIpc) is 3.01. The topological polar surface area (TPSA) is 12.0 Å². The summed E-state index contributed by atoms with van der Waals surface area (Å²) in [7, 11) is 0. The van der Waals surface area contributed by atoms with Crippen LogP contribution in [-0.2, 0) is 0 Å². The van der Waals surface area contributed by atoms with Gasteiger partial charge in [-0.05, 0) is 48.5 Å². The summed E-state index contributed by atoms with van der Waals surface area (Å²) in [5.41, 5.74) is 0. The highest BCUT2D eigenvalue weighted by Crippen LogP contribution is 2.45. The van der Waals surface area contributed by atoms with Gasteiger partial charge in [-0.3, -0.25) is 0 Å². The van der Waals surface area contributed by atoms with E-state index in [1.807, 2.05) is 11.3 Å². The monoisotopic (exact) mass is 249 g/mol. The molecule has 0 aromatic carbocycles. The van der Waals surface area contributed by atoms with Gasteiger partial charge in [0.2, 0.25) is 0 Å². The van der Waals surface area contributed by atoms with E-state index in [-0.39, 0.29) is 0 Å². The predicted octanol–water partition coefficient (Wildman–Crippen LogP) is 4.22. The third kappa shape index (κ3) is 2.30. The summed E-state index contributed by atoms with van der Waals surface area (Å²) in [6.07, 6.45) is 5.89. The van der Waals surface area contributed by atoms with Gasteiger partial charge in [-0.2, -0.15) is 0 Å². The van der Waals surface area contributed by atoms with Gasteiger partial charge in [0.15, 0.2) is 0 Å². The summed E-state index contributed by atoms with van der Waals surface area (Å²) in [5.74, 6) is 2.70. The summed E-state index contributed by atoms with van der Waals surface area (Å²) >= 11 is 1.90. The van der Waals surface area contributed by atoms with Gasteiger partial charge >= 0.3 is 0 Å². The second-order valence-corrected chi connectivity index (χ2v) is 7.16. The molecule has 0 spiro atoms. The lowest BCUT2D eigenvalue weighted by atomic mass is 9.92. The van der Waals surface area contributed by atoms with E-state index >= 15 is 0 Å². The standard InChI is InChI=1S/C15H23NS/c1-10(2)15(14-4-3-7-17-14)16-13-9-11-5-6-12(13)8-11/h3-4,7,10-13,15-16H,5-6,8-9H2,1-2H3. The number of thiophene rings is 1. The molecule has 2 fully saturated rings. The third-order valence-electron chi connectivity index (χ3n) is 4.65. The van der Waals surface area contributed by atoms with Gasteiger partial charge in [-0.15, -0.1) is 11.3 Å². The van der Waals surface area contributed by atoms with Crippen molar-refractivity contribution in [2.45, 2.75) is 51.6 Å². The highest BCUT2D eigenvalue weighted by molar-refractivity contribution is 7.10. The summed E-state index contributed by atoms with van der Waals surface area (Å²) in [5, 5.41) is 6.16. The Balaban J connectivity index is 1.69. The molecule has 4 atom stereocenters. The Morgan fingerprint density at radius 1 is 1.29 bits per heavy atom. The van der Waals surface area contributed by atoms with Gasteiger partial charge in [0, 0.05) is 17.0 Å². The molecule has 3 rings (SSSR count). The van der Waals surface area contributed by atoms with E-state index in [1.54, 1.807) is 0 Å². The molecule has 2 aliphatic rings. The Bertz CT molecular complexity index is 357. The molecule has 1 aromatic heterocycles. The van der Waals surface area contributed by atoms with E-state index in [4.69, 9.17) is 0 Å². The van der Waals surface area contributed by atoms with Gasteiger partial charge in [0.05, 0.1) is 0 Å². The number of hydrogen-bond acceptors (Lipinski definition) is 2. The van der Waals surface area contributed by atoms with Crippen molar-refractivity contribution in [1.29, 1.82) is 0 Å². The van der Waals surface area contributed by atoms with E-state index in [9.17, 15) is 0 Å². The quantitative estimate of drug-likeness (QED) is 0.842. The molecule has 1 N–H and O–H groups in total. The van der Waals surface area contributed by atoms with Crippen LogP contribution in [0.5, 0.6) is 0 Å². The average molecular weight is 249 g/mol.